The van der Waals surface area contributed by atoms with Crippen molar-refractivity contribution in [3.63, 3.8) is 0 Å². The Morgan fingerprint density at radius 1 is 0.853 bits per heavy atom. The number of carboxylic acids is 2. The van der Waals surface area contributed by atoms with Gasteiger partial charge in [-0.1, -0.05) is 6.07 Å². The number of rotatable bonds is 12. The predicted molar refractivity (Wildman–Crippen MR) is 124 cm³/mol. The summed E-state index contributed by atoms with van der Waals surface area (Å²) < 4.78 is 0. The Kier molecular flexibility index (Phi) is 10.8. The molecule has 2 rings (SSSR count). The van der Waals surface area contributed by atoms with Gasteiger partial charge in [-0.05, 0) is 55.7 Å². The molecule has 1 aliphatic carbocycles. The predicted octanol–water partition coefficient (Wildman–Crippen LogP) is 1.41. The van der Waals surface area contributed by atoms with Gasteiger partial charge in [0.25, 0.3) is 0 Å². The number of aromatic carboxylic acids is 2. The van der Waals surface area contributed by atoms with Crippen molar-refractivity contribution < 1.29 is 34.2 Å². The molecular formula is C23H30ClN3O7. The monoisotopic (exact) mass is 495 g/mol. The van der Waals surface area contributed by atoms with Crippen LogP contribution in [0.1, 0.15) is 58.4 Å². The molecule has 0 unspecified atom stereocenters. The van der Waals surface area contributed by atoms with Crippen LogP contribution in [0.25, 0.3) is 0 Å². The van der Waals surface area contributed by atoms with Gasteiger partial charge in [-0.15, -0.1) is 11.6 Å². The van der Waals surface area contributed by atoms with Crippen molar-refractivity contribution in [1.82, 2.24) is 16.0 Å². The maximum Gasteiger partial charge on any atom is 0.336 e. The van der Waals surface area contributed by atoms with Crippen molar-refractivity contribution in [3.8, 4) is 0 Å². The first-order valence-corrected chi connectivity index (χ1v) is 11.7. The van der Waals surface area contributed by atoms with Gasteiger partial charge < -0.3 is 26.2 Å². The Morgan fingerprint density at radius 3 is 2.12 bits per heavy atom. The third kappa shape index (κ3) is 8.66. The molecule has 3 amide bonds. The Morgan fingerprint density at radius 2 is 1.50 bits per heavy atom. The van der Waals surface area contributed by atoms with Gasteiger partial charge in [0, 0.05) is 32.0 Å². The molecule has 1 saturated carbocycles. The third-order valence-electron chi connectivity index (χ3n) is 5.86. The van der Waals surface area contributed by atoms with Crippen molar-refractivity contribution >= 4 is 41.3 Å². The molecule has 10 nitrogen and oxygen atoms in total. The zero-order chi connectivity index (χ0) is 25.1. The minimum Gasteiger partial charge on any atom is -0.478 e. The van der Waals surface area contributed by atoms with E-state index in [-0.39, 0.29) is 53.0 Å². The molecule has 34 heavy (non-hydrogen) atoms. The van der Waals surface area contributed by atoms with E-state index < -0.39 is 11.9 Å². The van der Waals surface area contributed by atoms with Crippen molar-refractivity contribution in [2.75, 3.05) is 25.5 Å². The molecule has 1 fully saturated rings. The normalized spacial score (nSPS) is 17.4. The summed E-state index contributed by atoms with van der Waals surface area (Å²) in [5, 5.41) is 26.6. The smallest absolute Gasteiger partial charge is 0.336 e. The number of halogens is 1. The quantitative estimate of drug-likeness (QED) is 0.216. The van der Waals surface area contributed by atoms with Gasteiger partial charge in [0.1, 0.15) is 5.88 Å². The fraction of sp³-hybridized carbons (Fsp3) is 0.522. The molecule has 0 heterocycles. The van der Waals surface area contributed by atoms with Gasteiger partial charge in [0.15, 0.2) is 0 Å². The number of carbonyl (C=O) groups is 5. The summed E-state index contributed by atoms with van der Waals surface area (Å²) in [5.74, 6) is -3.02. The molecule has 11 heteroatoms. The molecule has 1 aromatic rings. The van der Waals surface area contributed by atoms with Crippen LogP contribution in [-0.4, -0.2) is 65.4 Å². The number of alkyl halides is 1. The van der Waals surface area contributed by atoms with Crippen LogP contribution in [0.2, 0.25) is 0 Å². The average molecular weight is 496 g/mol. The standard InChI is InChI=1S/C23H30ClN3O7/c24-12-20(29)25-9-10-26-21(30)16-5-1-15(2-6-16)13-27-19(28)8-4-14-3-7-17(22(31)32)18(11-14)23(33)34/h3,7,11,15-16H,1-2,4-6,8-10,12-13H2,(H,25,29)(H,26,30)(H,27,28)(H,31,32)(H,33,34). The van der Waals surface area contributed by atoms with Gasteiger partial charge in [0.2, 0.25) is 17.7 Å². The highest BCUT2D eigenvalue weighted by atomic mass is 35.5. The minimum absolute atomic E-state index is 0.0303. The number of hydrogen-bond donors (Lipinski definition) is 5. The molecule has 186 valence electrons. The molecule has 0 aliphatic heterocycles. The summed E-state index contributed by atoms with van der Waals surface area (Å²) in [6.07, 6.45) is 3.55. The van der Waals surface area contributed by atoms with Crippen LogP contribution in [0, 0.1) is 11.8 Å². The second-order valence-corrected chi connectivity index (χ2v) is 8.55. The number of carbonyl (C=O) groups excluding carboxylic acids is 3. The molecule has 1 aliphatic rings. The highest BCUT2D eigenvalue weighted by molar-refractivity contribution is 6.27. The summed E-state index contributed by atoms with van der Waals surface area (Å²) in [7, 11) is 0. The number of nitrogens with one attached hydrogen (secondary N) is 3. The molecule has 0 bridgehead atoms. The second-order valence-electron chi connectivity index (χ2n) is 8.29. The van der Waals surface area contributed by atoms with Crippen LogP contribution in [0.4, 0.5) is 0 Å². The van der Waals surface area contributed by atoms with Gasteiger partial charge in [-0.25, -0.2) is 9.59 Å². The topological polar surface area (TPSA) is 162 Å². The highest BCUT2D eigenvalue weighted by Crippen LogP contribution is 2.28. The Balaban J connectivity index is 1.67. The van der Waals surface area contributed by atoms with Gasteiger partial charge in [0.05, 0.1) is 11.1 Å². The fourth-order valence-corrected chi connectivity index (χ4v) is 4.02. The first kappa shape index (κ1) is 27.1. The summed E-state index contributed by atoms with van der Waals surface area (Å²) in [5.41, 5.74) is -0.0133. The molecule has 0 saturated heterocycles. The van der Waals surface area contributed by atoms with Crippen LogP contribution < -0.4 is 16.0 Å². The van der Waals surface area contributed by atoms with E-state index in [2.05, 4.69) is 16.0 Å². The lowest BCUT2D eigenvalue weighted by Gasteiger charge is -2.28. The molecule has 0 radical (unpaired) electrons. The van der Waals surface area contributed by atoms with Crippen molar-refractivity contribution in [2.24, 2.45) is 11.8 Å². The Bertz CT molecular complexity index is 914. The number of benzene rings is 1. The van der Waals surface area contributed by atoms with Gasteiger partial charge in [-0.2, -0.15) is 0 Å². The zero-order valence-electron chi connectivity index (χ0n) is 18.8. The molecule has 0 atom stereocenters. The molecule has 0 aromatic heterocycles. The van der Waals surface area contributed by atoms with Crippen LogP contribution in [0.3, 0.4) is 0 Å². The largest absolute Gasteiger partial charge is 0.478 e. The lowest BCUT2D eigenvalue weighted by Crippen LogP contribution is -2.39. The zero-order valence-corrected chi connectivity index (χ0v) is 19.5. The summed E-state index contributed by atoms with van der Waals surface area (Å²) in [4.78, 5) is 57.9. The third-order valence-corrected chi connectivity index (χ3v) is 6.10. The van der Waals surface area contributed by atoms with Gasteiger partial charge >= 0.3 is 11.9 Å². The molecule has 1 aromatic carbocycles. The molecular weight excluding hydrogens is 466 g/mol. The Hall–Kier alpha value is -3.14. The average Bonchev–Trinajstić information content (AvgIpc) is 2.83. The molecule has 5 N–H and O–H groups in total. The summed E-state index contributed by atoms with van der Waals surface area (Å²) in [6, 6.07) is 4.04. The van der Waals surface area contributed by atoms with Crippen molar-refractivity contribution in [2.45, 2.75) is 38.5 Å². The first-order chi connectivity index (χ1) is 16.2. The number of amides is 3. The maximum atomic E-state index is 12.2. The number of aryl methyl sites for hydroxylation is 1. The van der Waals surface area contributed by atoms with Crippen LogP contribution in [-0.2, 0) is 20.8 Å². The first-order valence-electron chi connectivity index (χ1n) is 11.2. The van der Waals surface area contributed by atoms with E-state index in [0.717, 1.165) is 25.7 Å². The van der Waals surface area contributed by atoms with Crippen molar-refractivity contribution in [1.29, 1.82) is 0 Å². The van der Waals surface area contributed by atoms with E-state index in [4.69, 9.17) is 16.7 Å². The van der Waals surface area contributed by atoms with E-state index in [1.165, 1.54) is 18.2 Å². The van der Waals surface area contributed by atoms with E-state index in [1.807, 2.05) is 0 Å². The number of hydrogen-bond acceptors (Lipinski definition) is 5. The Labute approximate surface area is 202 Å². The summed E-state index contributed by atoms with van der Waals surface area (Å²) in [6.45, 7) is 1.19. The van der Waals surface area contributed by atoms with Gasteiger partial charge in [-0.3, -0.25) is 14.4 Å². The maximum absolute atomic E-state index is 12.2. The SMILES string of the molecule is O=C(CCl)NCCNC(=O)C1CCC(CNC(=O)CCc2ccc(C(=O)O)c(C(=O)O)c2)CC1. The van der Waals surface area contributed by atoms with Crippen LogP contribution >= 0.6 is 11.6 Å². The fourth-order valence-electron chi connectivity index (χ4n) is 3.92. The minimum atomic E-state index is -1.33. The van der Waals surface area contributed by atoms with Crippen molar-refractivity contribution in [3.05, 3.63) is 34.9 Å². The molecule has 0 spiro atoms. The second kappa shape index (κ2) is 13.5. The van der Waals surface area contributed by atoms with Crippen LogP contribution in [0.15, 0.2) is 18.2 Å². The number of carboxylic acid groups (broad SMARTS) is 2. The summed E-state index contributed by atoms with van der Waals surface area (Å²) >= 11 is 5.39. The lowest BCUT2D eigenvalue weighted by atomic mass is 9.81. The van der Waals surface area contributed by atoms with Crippen LogP contribution in [0.5, 0.6) is 0 Å². The van der Waals surface area contributed by atoms with E-state index in [9.17, 15) is 29.1 Å². The highest BCUT2D eigenvalue weighted by Gasteiger charge is 2.26. The van der Waals surface area contributed by atoms with E-state index >= 15 is 0 Å². The lowest BCUT2D eigenvalue weighted by molar-refractivity contribution is -0.126. The van der Waals surface area contributed by atoms with E-state index in [0.29, 0.717) is 31.6 Å². The van der Waals surface area contributed by atoms with E-state index in [1.54, 1.807) is 0 Å².